The maximum Gasteiger partial charge on any atom is 0.241 e. The van der Waals surface area contributed by atoms with Crippen LogP contribution in [0.25, 0.3) is 0 Å². The van der Waals surface area contributed by atoms with Crippen LogP contribution in [0.15, 0.2) is 24.3 Å². The first-order valence-electron chi connectivity index (χ1n) is 5.23. The summed E-state index contributed by atoms with van der Waals surface area (Å²) in [6, 6.07) is 7.30. The highest BCUT2D eigenvalue weighted by Gasteiger charge is 2.12. The van der Waals surface area contributed by atoms with Crippen molar-refractivity contribution in [3.8, 4) is 17.4 Å². The average molecular weight is 233 g/mol. The number of benzene rings is 1. The third-order valence-corrected chi connectivity index (χ3v) is 2.49. The van der Waals surface area contributed by atoms with E-state index in [1.165, 1.54) is 0 Å². The summed E-state index contributed by atoms with van der Waals surface area (Å²) in [7, 11) is 3.42. The van der Waals surface area contributed by atoms with Crippen molar-refractivity contribution < 1.29 is 9.47 Å². The van der Waals surface area contributed by atoms with Gasteiger partial charge in [0.25, 0.3) is 0 Å². The Balaban J connectivity index is 2.25. The van der Waals surface area contributed by atoms with E-state index in [0.717, 1.165) is 11.4 Å². The fourth-order valence-electron chi connectivity index (χ4n) is 1.53. The molecule has 2 aromatic rings. The van der Waals surface area contributed by atoms with E-state index in [2.05, 4.69) is 5.10 Å². The fourth-order valence-corrected chi connectivity index (χ4v) is 1.53. The second kappa shape index (κ2) is 4.37. The second-order valence-electron chi connectivity index (χ2n) is 3.71. The van der Waals surface area contributed by atoms with Crippen LogP contribution in [0.2, 0.25) is 0 Å². The first-order chi connectivity index (χ1) is 8.11. The molecular weight excluding hydrogens is 218 g/mol. The van der Waals surface area contributed by atoms with Crippen molar-refractivity contribution in [1.29, 1.82) is 0 Å². The molecule has 1 aromatic carbocycles. The lowest BCUT2D eigenvalue weighted by Crippen LogP contribution is -1.97. The predicted octanol–water partition coefficient (Wildman–Crippen LogP) is 2.11. The van der Waals surface area contributed by atoms with E-state index in [4.69, 9.17) is 15.2 Å². The Hall–Kier alpha value is -2.17. The minimum Gasteiger partial charge on any atom is -0.497 e. The zero-order valence-electron chi connectivity index (χ0n) is 10.1. The van der Waals surface area contributed by atoms with Gasteiger partial charge in [-0.15, -0.1) is 0 Å². The molecule has 5 heteroatoms. The number of nitrogens with zero attached hydrogens (tertiary/aromatic N) is 2. The normalized spacial score (nSPS) is 10.3. The fraction of sp³-hybridized carbons (Fsp3) is 0.250. The van der Waals surface area contributed by atoms with Crippen molar-refractivity contribution in [1.82, 2.24) is 9.78 Å². The van der Waals surface area contributed by atoms with Crippen LogP contribution in [-0.2, 0) is 7.05 Å². The quantitative estimate of drug-likeness (QED) is 0.882. The number of methoxy groups -OCH3 is 1. The molecular formula is C12H15N3O2. The van der Waals surface area contributed by atoms with Crippen molar-refractivity contribution in [2.75, 3.05) is 12.8 Å². The third kappa shape index (κ3) is 2.18. The van der Waals surface area contributed by atoms with Crippen molar-refractivity contribution in [3.63, 3.8) is 0 Å². The number of ether oxygens (including phenoxy) is 2. The van der Waals surface area contributed by atoms with Gasteiger partial charge in [0.15, 0.2) is 0 Å². The van der Waals surface area contributed by atoms with E-state index >= 15 is 0 Å². The van der Waals surface area contributed by atoms with E-state index < -0.39 is 0 Å². The molecule has 0 aliphatic carbocycles. The predicted molar refractivity (Wildman–Crippen MR) is 65.4 cm³/mol. The lowest BCUT2D eigenvalue weighted by Gasteiger charge is -2.07. The Morgan fingerprint density at radius 3 is 2.24 bits per heavy atom. The Kier molecular flexibility index (Phi) is 2.91. The molecule has 5 nitrogen and oxygen atoms in total. The number of aromatic nitrogens is 2. The van der Waals surface area contributed by atoms with Gasteiger partial charge in [-0.25, -0.2) is 4.68 Å². The van der Waals surface area contributed by atoms with Crippen LogP contribution < -0.4 is 15.2 Å². The standard InChI is InChI=1S/C12H15N3O2/c1-8-11(13)12(15(2)14-8)17-10-6-4-9(16-3)5-7-10/h4-7H,13H2,1-3H3. The number of aryl methyl sites for hydroxylation is 2. The average Bonchev–Trinajstić information content (AvgIpc) is 2.57. The van der Waals surface area contributed by atoms with Gasteiger partial charge in [-0.1, -0.05) is 0 Å². The van der Waals surface area contributed by atoms with Gasteiger partial charge < -0.3 is 15.2 Å². The van der Waals surface area contributed by atoms with Gasteiger partial charge in [0, 0.05) is 7.05 Å². The van der Waals surface area contributed by atoms with Crippen LogP contribution in [0.1, 0.15) is 5.69 Å². The molecule has 0 atom stereocenters. The van der Waals surface area contributed by atoms with Crippen LogP contribution in [-0.4, -0.2) is 16.9 Å². The second-order valence-corrected chi connectivity index (χ2v) is 3.71. The molecule has 0 fully saturated rings. The van der Waals surface area contributed by atoms with E-state index in [-0.39, 0.29) is 0 Å². The molecule has 0 bridgehead atoms. The summed E-state index contributed by atoms with van der Waals surface area (Å²) in [6.45, 7) is 1.84. The van der Waals surface area contributed by atoms with Crippen LogP contribution in [0.3, 0.4) is 0 Å². The number of nitrogen functional groups attached to an aromatic ring is 1. The van der Waals surface area contributed by atoms with Gasteiger partial charge in [-0.3, -0.25) is 0 Å². The van der Waals surface area contributed by atoms with E-state index in [1.54, 1.807) is 18.8 Å². The summed E-state index contributed by atoms with van der Waals surface area (Å²) in [4.78, 5) is 0. The van der Waals surface area contributed by atoms with Gasteiger partial charge in [-0.05, 0) is 31.2 Å². The van der Waals surface area contributed by atoms with Crippen LogP contribution in [0, 0.1) is 6.92 Å². The number of hydrogen-bond acceptors (Lipinski definition) is 4. The Morgan fingerprint density at radius 2 is 1.76 bits per heavy atom. The van der Waals surface area contributed by atoms with E-state index in [9.17, 15) is 0 Å². The van der Waals surface area contributed by atoms with Crippen LogP contribution in [0.5, 0.6) is 17.4 Å². The first kappa shape index (κ1) is 11.3. The van der Waals surface area contributed by atoms with Crippen LogP contribution in [0.4, 0.5) is 5.69 Å². The molecule has 0 radical (unpaired) electrons. The summed E-state index contributed by atoms with van der Waals surface area (Å²) >= 11 is 0. The van der Waals surface area contributed by atoms with E-state index in [0.29, 0.717) is 17.3 Å². The maximum absolute atomic E-state index is 5.87. The molecule has 0 unspecified atom stereocenters. The number of hydrogen-bond donors (Lipinski definition) is 1. The minimum absolute atomic E-state index is 0.549. The largest absolute Gasteiger partial charge is 0.497 e. The van der Waals surface area contributed by atoms with Crippen molar-refractivity contribution in [2.45, 2.75) is 6.92 Å². The zero-order valence-corrected chi connectivity index (χ0v) is 10.1. The van der Waals surface area contributed by atoms with Crippen molar-refractivity contribution in [2.24, 2.45) is 7.05 Å². The lowest BCUT2D eigenvalue weighted by atomic mass is 10.3. The molecule has 0 amide bonds. The van der Waals surface area contributed by atoms with E-state index in [1.807, 2.05) is 31.2 Å². The number of anilines is 1. The molecule has 2 N–H and O–H groups in total. The first-order valence-corrected chi connectivity index (χ1v) is 5.23. The Morgan fingerprint density at radius 1 is 1.18 bits per heavy atom. The number of rotatable bonds is 3. The smallest absolute Gasteiger partial charge is 0.241 e. The molecule has 2 rings (SSSR count). The monoisotopic (exact) mass is 233 g/mol. The molecule has 0 aliphatic rings. The molecule has 90 valence electrons. The van der Waals surface area contributed by atoms with Crippen LogP contribution >= 0.6 is 0 Å². The molecule has 0 saturated carbocycles. The topological polar surface area (TPSA) is 62.3 Å². The highest BCUT2D eigenvalue weighted by atomic mass is 16.5. The van der Waals surface area contributed by atoms with Gasteiger partial charge in [0.1, 0.15) is 17.2 Å². The highest BCUT2D eigenvalue weighted by Crippen LogP contribution is 2.29. The summed E-state index contributed by atoms with van der Waals surface area (Å²) < 4.78 is 12.4. The van der Waals surface area contributed by atoms with Gasteiger partial charge >= 0.3 is 0 Å². The molecule has 1 heterocycles. The summed E-state index contributed by atoms with van der Waals surface area (Å²) in [5.41, 5.74) is 7.19. The number of nitrogens with two attached hydrogens (primary N) is 1. The maximum atomic E-state index is 5.87. The summed E-state index contributed by atoms with van der Waals surface area (Å²) in [5.74, 6) is 2.03. The summed E-state index contributed by atoms with van der Waals surface area (Å²) in [5, 5.41) is 4.18. The van der Waals surface area contributed by atoms with Gasteiger partial charge in [0.2, 0.25) is 5.88 Å². The SMILES string of the molecule is COc1ccc(Oc2c(N)c(C)nn2C)cc1. The summed E-state index contributed by atoms with van der Waals surface area (Å²) in [6.07, 6.45) is 0. The van der Waals surface area contributed by atoms with Crippen molar-refractivity contribution >= 4 is 5.69 Å². The molecule has 0 aliphatic heterocycles. The highest BCUT2D eigenvalue weighted by molar-refractivity contribution is 5.53. The Labute approximate surface area is 99.8 Å². The minimum atomic E-state index is 0.549. The molecule has 0 spiro atoms. The van der Waals surface area contributed by atoms with Gasteiger partial charge in [0.05, 0.1) is 12.8 Å². The lowest BCUT2D eigenvalue weighted by molar-refractivity contribution is 0.409. The molecule has 0 saturated heterocycles. The third-order valence-electron chi connectivity index (χ3n) is 2.49. The van der Waals surface area contributed by atoms with Crippen molar-refractivity contribution in [3.05, 3.63) is 30.0 Å². The Bertz CT molecular complexity index is 517. The molecule has 1 aromatic heterocycles. The molecule has 17 heavy (non-hydrogen) atoms. The zero-order chi connectivity index (χ0) is 12.4. The van der Waals surface area contributed by atoms with Gasteiger partial charge in [-0.2, -0.15) is 5.10 Å².